The molecule has 1 saturated heterocycles. The minimum absolute atomic E-state index is 0.00131. The maximum absolute atomic E-state index is 12.6. The highest BCUT2D eigenvalue weighted by Gasteiger charge is 2.34. The molecule has 0 unspecified atom stereocenters. The molecule has 1 aromatic carbocycles. The third-order valence-electron chi connectivity index (χ3n) is 4.59. The summed E-state index contributed by atoms with van der Waals surface area (Å²) in [6.45, 7) is -0.112. The molecule has 2 aliphatic heterocycles. The second-order valence-electron chi connectivity index (χ2n) is 6.84. The molecule has 4 amide bonds. The van der Waals surface area contributed by atoms with Gasteiger partial charge in [-0.05, 0) is 47.7 Å². The predicted molar refractivity (Wildman–Crippen MR) is 120 cm³/mol. The van der Waals surface area contributed by atoms with Gasteiger partial charge in [-0.25, -0.2) is 0 Å². The average Bonchev–Trinajstić information content (AvgIpc) is 3.36. The number of thioether (sulfide) groups is 1. The molecule has 2 aromatic rings. The lowest BCUT2D eigenvalue weighted by atomic mass is 10.2. The summed E-state index contributed by atoms with van der Waals surface area (Å²) >= 11 is 6.63. The molecule has 1 aromatic heterocycles. The number of hydrogen-bond donors (Lipinski definition) is 2. The van der Waals surface area contributed by atoms with Gasteiger partial charge in [0.15, 0.2) is 11.5 Å². The number of carbonyl (C=O) groups excluding carboxylic acids is 4. The average molecular weight is 489 g/mol. The number of pyridine rings is 1. The van der Waals surface area contributed by atoms with Gasteiger partial charge in [-0.15, -0.1) is 0 Å². The Morgan fingerprint density at radius 1 is 1.15 bits per heavy atom. The molecule has 0 atom stereocenters. The summed E-state index contributed by atoms with van der Waals surface area (Å²) in [4.78, 5) is 54.0. The predicted octanol–water partition coefficient (Wildman–Crippen LogP) is 2.05. The highest BCUT2D eigenvalue weighted by molar-refractivity contribution is 8.18. The van der Waals surface area contributed by atoms with Gasteiger partial charge in [-0.2, -0.15) is 0 Å². The Kier molecular flexibility index (Phi) is 6.80. The van der Waals surface area contributed by atoms with Crippen LogP contribution in [0.2, 0.25) is 5.02 Å². The van der Waals surface area contributed by atoms with Crippen molar-refractivity contribution in [2.45, 2.75) is 0 Å². The monoisotopic (exact) mass is 488 g/mol. The first-order chi connectivity index (χ1) is 15.9. The van der Waals surface area contributed by atoms with E-state index in [0.29, 0.717) is 22.1 Å². The van der Waals surface area contributed by atoms with Gasteiger partial charge in [0.05, 0.1) is 11.4 Å². The molecule has 2 N–H and O–H groups in total. The van der Waals surface area contributed by atoms with E-state index in [1.54, 1.807) is 24.3 Å². The van der Waals surface area contributed by atoms with E-state index in [1.807, 2.05) is 0 Å². The lowest BCUT2D eigenvalue weighted by Crippen LogP contribution is -2.41. The van der Waals surface area contributed by atoms with Gasteiger partial charge in [-0.1, -0.05) is 17.7 Å². The van der Waals surface area contributed by atoms with Crippen molar-refractivity contribution in [1.82, 2.24) is 20.5 Å². The van der Waals surface area contributed by atoms with Crippen LogP contribution in [-0.4, -0.2) is 59.3 Å². The zero-order chi connectivity index (χ0) is 23.4. The summed E-state index contributed by atoms with van der Waals surface area (Å²) in [7, 11) is 0. The standard InChI is InChI=1S/C21H17ClN4O6S/c22-13-3-4-23-14(9-13)19(28)25-10-18(27)24-5-6-26-20(29)17(33-21(26)30)8-12-1-2-15-16(7-12)32-11-31-15/h1-4,7-9H,5-6,10-11H2,(H,24,27)(H,25,28)/b17-8-. The Balaban J connectivity index is 1.25. The van der Waals surface area contributed by atoms with Crippen LogP contribution >= 0.6 is 23.4 Å². The van der Waals surface area contributed by atoms with Crippen molar-refractivity contribution in [3.8, 4) is 11.5 Å². The van der Waals surface area contributed by atoms with E-state index in [1.165, 1.54) is 18.3 Å². The molecule has 0 saturated carbocycles. The van der Waals surface area contributed by atoms with E-state index in [-0.39, 0.29) is 37.0 Å². The molecule has 1 fully saturated rings. The number of benzene rings is 1. The summed E-state index contributed by atoms with van der Waals surface area (Å²) in [5.74, 6) is -0.280. The molecule has 0 radical (unpaired) electrons. The van der Waals surface area contributed by atoms with E-state index >= 15 is 0 Å². The smallest absolute Gasteiger partial charge is 0.293 e. The van der Waals surface area contributed by atoms with Gasteiger partial charge in [0.2, 0.25) is 12.7 Å². The maximum Gasteiger partial charge on any atom is 0.293 e. The Morgan fingerprint density at radius 2 is 1.97 bits per heavy atom. The van der Waals surface area contributed by atoms with Crippen molar-refractivity contribution in [2.24, 2.45) is 0 Å². The first-order valence-electron chi connectivity index (χ1n) is 9.72. The molecular weight excluding hydrogens is 472 g/mol. The topological polar surface area (TPSA) is 127 Å². The van der Waals surface area contributed by atoms with Crippen LogP contribution in [0.3, 0.4) is 0 Å². The SMILES string of the molecule is O=C(CNC(=O)c1cc(Cl)ccn1)NCCN1C(=O)S/C(=C\c2ccc3c(c2)OCO3)C1=O. The van der Waals surface area contributed by atoms with Crippen molar-refractivity contribution in [3.05, 3.63) is 57.7 Å². The first-order valence-corrected chi connectivity index (χ1v) is 10.9. The molecule has 4 rings (SSSR count). The van der Waals surface area contributed by atoms with Crippen LogP contribution in [-0.2, 0) is 9.59 Å². The number of carbonyl (C=O) groups is 4. The molecule has 0 aliphatic carbocycles. The second kappa shape index (κ2) is 9.92. The molecular formula is C21H17ClN4O6S. The molecule has 3 heterocycles. The van der Waals surface area contributed by atoms with Gasteiger partial charge in [0, 0.05) is 24.3 Å². The summed E-state index contributed by atoms with van der Waals surface area (Å²) in [6, 6.07) is 8.12. The number of nitrogens with zero attached hydrogens (tertiary/aromatic N) is 2. The first kappa shape index (κ1) is 22.6. The Labute approximate surface area is 197 Å². The summed E-state index contributed by atoms with van der Waals surface area (Å²) in [5.41, 5.74) is 0.783. The number of halogens is 1. The summed E-state index contributed by atoms with van der Waals surface area (Å²) in [6.07, 6.45) is 2.99. The number of hydrogen-bond acceptors (Lipinski definition) is 8. The third kappa shape index (κ3) is 5.44. The lowest BCUT2D eigenvalue weighted by molar-refractivity contribution is -0.124. The molecule has 10 nitrogen and oxygen atoms in total. The minimum atomic E-state index is -0.549. The summed E-state index contributed by atoms with van der Waals surface area (Å²) < 4.78 is 10.6. The Bertz CT molecular complexity index is 1170. The fourth-order valence-corrected chi connectivity index (χ4v) is 4.02. The largest absolute Gasteiger partial charge is 0.454 e. The second-order valence-corrected chi connectivity index (χ2v) is 8.27. The van der Waals surface area contributed by atoms with Gasteiger partial charge in [-0.3, -0.25) is 29.1 Å². The number of imide groups is 1. The molecule has 0 bridgehead atoms. The molecule has 12 heteroatoms. The van der Waals surface area contributed by atoms with Crippen LogP contribution in [0.1, 0.15) is 16.1 Å². The fraction of sp³-hybridized carbons (Fsp3) is 0.190. The van der Waals surface area contributed by atoms with E-state index < -0.39 is 23.0 Å². The van der Waals surface area contributed by atoms with E-state index in [9.17, 15) is 19.2 Å². The van der Waals surface area contributed by atoms with Crippen LogP contribution < -0.4 is 20.1 Å². The van der Waals surface area contributed by atoms with E-state index in [4.69, 9.17) is 21.1 Å². The van der Waals surface area contributed by atoms with Gasteiger partial charge < -0.3 is 20.1 Å². The highest BCUT2D eigenvalue weighted by Crippen LogP contribution is 2.36. The molecule has 33 heavy (non-hydrogen) atoms. The normalized spacial score (nSPS) is 15.8. The van der Waals surface area contributed by atoms with Crippen LogP contribution in [0.5, 0.6) is 11.5 Å². The number of ether oxygens (including phenoxy) is 2. The number of rotatable bonds is 7. The van der Waals surface area contributed by atoms with Gasteiger partial charge in [0.1, 0.15) is 5.69 Å². The van der Waals surface area contributed by atoms with Crippen LogP contribution in [0.25, 0.3) is 6.08 Å². The van der Waals surface area contributed by atoms with Crippen LogP contribution in [0.15, 0.2) is 41.4 Å². The highest BCUT2D eigenvalue weighted by atomic mass is 35.5. The van der Waals surface area contributed by atoms with E-state index in [0.717, 1.165) is 16.7 Å². The zero-order valence-corrected chi connectivity index (χ0v) is 18.6. The quantitative estimate of drug-likeness (QED) is 0.567. The Morgan fingerprint density at radius 3 is 2.79 bits per heavy atom. The van der Waals surface area contributed by atoms with Crippen molar-refractivity contribution in [1.29, 1.82) is 0 Å². The fourth-order valence-electron chi connectivity index (χ4n) is 3.00. The third-order valence-corrected chi connectivity index (χ3v) is 5.73. The molecule has 2 aliphatic rings. The number of nitrogens with one attached hydrogen (secondary N) is 2. The zero-order valence-electron chi connectivity index (χ0n) is 17.0. The molecule has 170 valence electrons. The van der Waals surface area contributed by atoms with Crippen LogP contribution in [0.4, 0.5) is 4.79 Å². The lowest BCUT2D eigenvalue weighted by Gasteiger charge is -2.13. The number of aromatic nitrogens is 1. The number of amides is 4. The van der Waals surface area contributed by atoms with Crippen molar-refractivity contribution in [3.63, 3.8) is 0 Å². The maximum atomic E-state index is 12.6. The minimum Gasteiger partial charge on any atom is -0.454 e. The summed E-state index contributed by atoms with van der Waals surface area (Å²) in [5, 5.41) is 4.90. The van der Waals surface area contributed by atoms with Crippen molar-refractivity contribution >= 4 is 52.4 Å². The van der Waals surface area contributed by atoms with E-state index in [2.05, 4.69) is 15.6 Å². The molecule has 0 spiro atoms. The van der Waals surface area contributed by atoms with Gasteiger partial charge >= 0.3 is 0 Å². The van der Waals surface area contributed by atoms with Crippen LogP contribution in [0, 0.1) is 0 Å². The van der Waals surface area contributed by atoms with Gasteiger partial charge in [0.25, 0.3) is 17.1 Å². The number of fused-ring (bicyclic) bond motifs is 1. The van der Waals surface area contributed by atoms with Crippen molar-refractivity contribution < 1.29 is 28.7 Å². The van der Waals surface area contributed by atoms with Crippen molar-refractivity contribution in [2.75, 3.05) is 26.4 Å². The Hall–Kier alpha value is -3.57.